The van der Waals surface area contributed by atoms with Gasteiger partial charge in [0.1, 0.15) is 0 Å². The maximum Gasteiger partial charge on any atom is 0.306 e. The maximum atomic E-state index is 11.7. The van der Waals surface area contributed by atoms with E-state index in [0.29, 0.717) is 24.4 Å². The number of esters is 1. The third-order valence-corrected chi connectivity index (χ3v) is 3.24. The molecule has 0 aromatic carbocycles. The minimum Gasteiger partial charge on any atom is -0.466 e. The van der Waals surface area contributed by atoms with Gasteiger partial charge in [-0.25, -0.2) is 0 Å². The van der Waals surface area contributed by atoms with Gasteiger partial charge in [-0.1, -0.05) is 66.7 Å². The molecule has 2 heteroatoms. The summed E-state index contributed by atoms with van der Waals surface area (Å²) in [5.74, 6) is 0.391. The van der Waals surface area contributed by atoms with Crippen LogP contribution in [-0.2, 0) is 9.53 Å². The lowest BCUT2D eigenvalue weighted by Crippen LogP contribution is -2.16. The van der Waals surface area contributed by atoms with Crippen molar-refractivity contribution in [3.63, 3.8) is 0 Å². The molecule has 0 aliphatic heterocycles. The summed E-state index contributed by atoms with van der Waals surface area (Å²) in [5.41, 5.74) is 0.291. The molecule has 0 fully saturated rings. The Labute approximate surface area is 120 Å². The van der Waals surface area contributed by atoms with Gasteiger partial charge in [0, 0.05) is 6.42 Å². The second-order valence-electron chi connectivity index (χ2n) is 7.06. The standard InChI is InChI=1S/C17H34O2/c1-6-7-8-9-10-11-12-19-16(18)13-15(2)14-17(3,4)5/h15H,6-14H2,1-5H3. The third-order valence-electron chi connectivity index (χ3n) is 3.24. The lowest BCUT2D eigenvalue weighted by molar-refractivity contribution is -0.144. The molecule has 0 aromatic rings. The highest BCUT2D eigenvalue weighted by Crippen LogP contribution is 2.26. The van der Waals surface area contributed by atoms with Crippen LogP contribution >= 0.6 is 0 Å². The van der Waals surface area contributed by atoms with Crippen LogP contribution < -0.4 is 0 Å². The molecule has 0 aliphatic carbocycles. The first-order chi connectivity index (χ1) is 8.85. The average Bonchev–Trinajstić information content (AvgIpc) is 2.25. The Bertz CT molecular complexity index is 228. The molecule has 0 rings (SSSR count). The number of hydrogen-bond donors (Lipinski definition) is 0. The lowest BCUT2D eigenvalue weighted by Gasteiger charge is -2.22. The number of unbranched alkanes of at least 4 members (excludes halogenated alkanes) is 5. The molecule has 0 saturated heterocycles. The first-order valence-electron chi connectivity index (χ1n) is 8.00. The van der Waals surface area contributed by atoms with Crippen LogP contribution in [0.1, 0.15) is 86.0 Å². The Morgan fingerprint density at radius 3 is 2.21 bits per heavy atom. The van der Waals surface area contributed by atoms with Crippen LogP contribution in [0.5, 0.6) is 0 Å². The quantitative estimate of drug-likeness (QED) is 0.395. The number of ether oxygens (including phenoxy) is 1. The summed E-state index contributed by atoms with van der Waals surface area (Å²) in [6.45, 7) is 11.6. The molecule has 0 bridgehead atoms. The van der Waals surface area contributed by atoms with Crippen LogP contribution in [0.2, 0.25) is 0 Å². The van der Waals surface area contributed by atoms with E-state index in [1.54, 1.807) is 0 Å². The molecular formula is C17H34O2. The van der Waals surface area contributed by atoms with Crippen molar-refractivity contribution in [3.05, 3.63) is 0 Å². The molecule has 19 heavy (non-hydrogen) atoms. The predicted octanol–water partition coefficient (Wildman–Crippen LogP) is 5.35. The fraction of sp³-hybridized carbons (Fsp3) is 0.941. The highest BCUT2D eigenvalue weighted by Gasteiger charge is 2.18. The van der Waals surface area contributed by atoms with E-state index in [4.69, 9.17) is 4.74 Å². The summed E-state index contributed by atoms with van der Waals surface area (Å²) >= 11 is 0. The van der Waals surface area contributed by atoms with Crippen LogP contribution in [0.4, 0.5) is 0 Å². The van der Waals surface area contributed by atoms with E-state index in [0.717, 1.165) is 12.8 Å². The van der Waals surface area contributed by atoms with Crippen LogP contribution in [0.25, 0.3) is 0 Å². The van der Waals surface area contributed by atoms with Gasteiger partial charge in [-0.05, 0) is 24.2 Å². The van der Waals surface area contributed by atoms with E-state index in [1.807, 2.05) is 0 Å². The second kappa shape index (κ2) is 10.3. The summed E-state index contributed by atoms with van der Waals surface area (Å²) < 4.78 is 5.29. The molecular weight excluding hydrogens is 236 g/mol. The molecule has 2 nitrogen and oxygen atoms in total. The van der Waals surface area contributed by atoms with Gasteiger partial charge in [-0.2, -0.15) is 0 Å². The van der Waals surface area contributed by atoms with Crippen LogP contribution in [-0.4, -0.2) is 12.6 Å². The number of rotatable bonds is 10. The summed E-state index contributed by atoms with van der Waals surface area (Å²) in [5, 5.41) is 0. The molecule has 0 N–H and O–H groups in total. The largest absolute Gasteiger partial charge is 0.466 e. The maximum absolute atomic E-state index is 11.7. The van der Waals surface area contributed by atoms with E-state index >= 15 is 0 Å². The first kappa shape index (κ1) is 18.5. The topological polar surface area (TPSA) is 26.3 Å². The van der Waals surface area contributed by atoms with Crippen molar-refractivity contribution >= 4 is 5.97 Å². The van der Waals surface area contributed by atoms with Crippen LogP contribution in [0.15, 0.2) is 0 Å². The van der Waals surface area contributed by atoms with Crippen molar-refractivity contribution < 1.29 is 9.53 Å². The lowest BCUT2D eigenvalue weighted by atomic mass is 9.84. The zero-order valence-corrected chi connectivity index (χ0v) is 13.8. The Hall–Kier alpha value is -0.530. The van der Waals surface area contributed by atoms with Crippen molar-refractivity contribution in [1.29, 1.82) is 0 Å². The second-order valence-corrected chi connectivity index (χ2v) is 7.06. The molecule has 0 radical (unpaired) electrons. The molecule has 0 spiro atoms. The first-order valence-corrected chi connectivity index (χ1v) is 8.00. The van der Waals surface area contributed by atoms with Crippen molar-refractivity contribution in [2.24, 2.45) is 11.3 Å². The van der Waals surface area contributed by atoms with Crippen LogP contribution in [0.3, 0.4) is 0 Å². The van der Waals surface area contributed by atoms with Crippen molar-refractivity contribution in [1.82, 2.24) is 0 Å². The van der Waals surface area contributed by atoms with E-state index in [-0.39, 0.29) is 5.97 Å². The van der Waals surface area contributed by atoms with Gasteiger partial charge in [-0.15, -0.1) is 0 Å². The molecule has 0 saturated carbocycles. The fourth-order valence-electron chi connectivity index (χ4n) is 2.53. The van der Waals surface area contributed by atoms with Crippen molar-refractivity contribution in [3.8, 4) is 0 Å². The predicted molar refractivity (Wildman–Crippen MR) is 82.2 cm³/mol. The molecule has 1 atom stereocenters. The molecule has 0 amide bonds. The highest BCUT2D eigenvalue weighted by molar-refractivity contribution is 5.69. The molecule has 0 aromatic heterocycles. The van der Waals surface area contributed by atoms with E-state index < -0.39 is 0 Å². The minimum absolute atomic E-state index is 0.0229. The van der Waals surface area contributed by atoms with Gasteiger partial charge in [0.15, 0.2) is 0 Å². The van der Waals surface area contributed by atoms with E-state index in [2.05, 4.69) is 34.6 Å². The summed E-state index contributed by atoms with van der Waals surface area (Å²) in [6.07, 6.45) is 9.02. The number of hydrogen-bond acceptors (Lipinski definition) is 2. The Balaban J connectivity index is 3.49. The van der Waals surface area contributed by atoms with E-state index in [1.165, 1.54) is 32.1 Å². The minimum atomic E-state index is -0.0229. The van der Waals surface area contributed by atoms with Crippen LogP contribution in [0, 0.1) is 11.3 Å². The van der Waals surface area contributed by atoms with Gasteiger partial charge >= 0.3 is 5.97 Å². The summed E-state index contributed by atoms with van der Waals surface area (Å²) in [6, 6.07) is 0. The highest BCUT2D eigenvalue weighted by atomic mass is 16.5. The SMILES string of the molecule is CCCCCCCCOC(=O)CC(C)CC(C)(C)C. The van der Waals surface area contributed by atoms with E-state index in [9.17, 15) is 4.79 Å². The Morgan fingerprint density at radius 1 is 1.05 bits per heavy atom. The monoisotopic (exact) mass is 270 g/mol. The molecule has 0 heterocycles. The number of carbonyl (C=O) groups excluding carboxylic acids is 1. The zero-order valence-electron chi connectivity index (χ0n) is 13.8. The summed E-state index contributed by atoms with van der Waals surface area (Å²) in [4.78, 5) is 11.7. The normalized spacial score (nSPS) is 13.3. The van der Waals surface area contributed by atoms with Gasteiger partial charge < -0.3 is 4.74 Å². The molecule has 1 unspecified atom stereocenters. The Morgan fingerprint density at radius 2 is 1.63 bits per heavy atom. The average molecular weight is 270 g/mol. The van der Waals surface area contributed by atoms with Crippen molar-refractivity contribution in [2.45, 2.75) is 86.0 Å². The van der Waals surface area contributed by atoms with Crippen molar-refractivity contribution in [2.75, 3.05) is 6.61 Å². The van der Waals surface area contributed by atoms with Gasteiger partial charge in [-0.3, -0.25) is 4.79 Å². The van der Waals surface area contributed by atoms with Gasteiger partial charge in [0.25, 0.3) is 0 Å². The zero-order chi connectivity index (χ0) is 14.7. The summed E-state index contributed by atoms with van der Waals surface area (Å²) in [7, 11) is 0. The molecule has 0 aliphatic rings. The smallest absolute Gasteiger partial charge is 0.306 e. The van der Waals surface area contributed by atoms with Gasteiger partial charge in [0.05, 0.1) is 6.61 Å². The molecule has 114 valence electrons. The van der Waals surface area contributed by atoms with Gasteiger partial charge in [0.2, 0.25) is 0 Å². The third kappa shape index (κ3) is 13.7. The number of carbonyl (C=O) groups is 1. The Kier molecular flexibility index (Phi) is 9.99. The fourth-order valence-corrected chi connectivity index (χ4v) is 2.53.